The maximum Gasteiger partial charge on any atom is 0.146 e. The molecule has 1 heterocycles. The minimum absolute atomic E-state index is 0.326. The minimum Gasteiger partial charge on any atom is -0.343 e. The monoisotopic (exact) mass is 275 g/mol. The molecule has 2 rings (SSSR count). The van der Waals surface area contributed by atoms with Crippen molar-refractivity contribution < 1.29 is 4.39 Å². The van der Waals surface area contributed by atoms with Gasteiger partial charge in [0.25, 0.3) is 0 Å². The lowest BCUT2D eigenvalue weighted by Gasteiger charge is -2.12. The SMILES string of the molecule is Cc1ncc(C(=S)Nc2c(C)cccc2F)c(C)n1. The van der Waals surface area contributed by atoms with E-state index in [4.69, 9.17) is 12.2 Å². The van der Waals surface area contributed by atoms with Gasteiger partial charge in [0.2, 0.25) is 0 Å². The second kappa shape index (κ2) is 5.40. The maximum absolute atomic E-state index is 13.7. The summed E-state index contributed by atoms with van der Waals surface area (Å²) in [6.07, 6.45) is 1.66. The Hall–Kier alpha value is -1.88. The molecule has 2 aromatic rings. The lowest BCUT2D eigenvalue weighted by molar-refractivity contribution is 0.631. The summed E-state index contributed by atoms with van der Waals surface area (Å²) in [5.41, 5.74) is 2.68. The van der Waals surface area contributed by atoms with Crippen LogP contribution in [-0.4, -0.2) is 15.0 Å². The highest BCUT2D eigenvalue weighted by Gasteiger charge is 2.11. The van der Waals surface area contributed by atoms with Gasteiger partial charge in [-0.3, -0.25) is 0 Å². The molecular formula is C14H14FN3S. The fraction of sp³-hybridized carbons (Fsp3) is 0.214. The van der Waals surface area contributed by atoms with Crippen molar-refractivity contribution >= 4 is 22.9 Å². The predicted molar refractivity (Wildman–Crippen MR) is 78.0 cm³/mol. The number of rotatable bonds is 2. The number of aryl methyl sites for hydroxylation is 3. The van der Waals surface area contributed by atoms with Crippen molar-refractivity contribution in [1.82, 2.24) is 9.97 Å². The average molecular weight is 275 g/mol. The Morgan fingerprint density at radius 2 is 2.00 bits per heavy atom. The Bertz CT molecular complexity index is 620. The van der Waals surface area contributed by atoms with E-state index in [1.54, 1.807) is 12.3 Å². The van der Waals surface area contributed by atoms with Crippen molar-refractivity contribution in [2.75, 3.05) is 5.32 Å². The normalized spacial score (nSPS) is 10.3. The molecule has 0 amide bonds. The van der Waals surface area contributed by atoms with Gasteiger partial charge < -0.3 is 5.32 Å². The molecule has 3 nitrogen and oxygen atoms in total. The maximum atomic E-state index is 13.7. The third-order valence-corrected chi connectivity index (χ3v) is 3.13. The van der Waals surface area contributed by atoms with E-state index >= 15 is 0 Å². The quantitative estimate of drug-likeness (QED) is 0.853. The van der Waals surface area contributed by atoms with Gasteiger partial charge in [-0.15, -0.1) is 0 Å². The molecule has 0 aliphatic carbocycles. The van der Waals surface area contributed by atoms with Crippen LogP contribution in [0.4, 0.5) is 10.1 Å². The summed E-state index contributed by atoms with van der Waals surface area (Å²) in [6, 6.07) is 4.89. The van der Waals surface area contributed by atoms with Crippen molar-refractivity contribution in [2.45, 2.75) is 20.8 Å². The van der Waals surface area contributed by atoms with Gasteiger partial charge in [-0.2, -0.15) is 0 Å². The van der Waals surface area contributed by atoms with Crippen LogP contribution in [-0.2, 0) is 0 Å². The van der Waals surface area contributed by atoms with Crippen LogP contribution in [0.5, 0.6) is 0 Å². The fourth-order valence-corrected chi connectivity index (χ4v) is 2.08. The van der Waals surface area contributed by atoms with Crippen LogP contribution in [0.2, 0.25) is 0 Å². The lowest BCUT2D eigenvalue weighted by atomic mass is 10.1. The van der Waals surface area contributed by atoms with Crippen molar-refractivity contribution in [3.05, 3.63) is 52.9 Å². The van der Waals surface area contributed by atoms with Gasteiger partial charge in [-0.05, 0) is 32.4 Å². The molecule has 5 heteroatoms. The predicted octanol–water partition coefficient (Wildman–Crippen LogP) is 3.33. The van der Waals surface area contributed by atoms with Crippen molar-refractivity contribution in [2.24, 2.45) is 0 Å². The van der Waals surface area contributed by atoms with Crippen molar-refractivity contribution in [3.63, 3.8) is 0 Å². The molecule has 1 N–H and O–H groups in total. The van der Waals surface area contributed by atoms with E-state index in [1.165, 1.54) is 6.07 Å². The van der Waals surface area contributed by atoms with Crippen LogP contribution < -0.4 is 5.32 Å². The van der Waals surface area contributed by atoms with Crippen LogP contribution >= 0.6 is 12.2 Å². The zero-order valence-corrected chi connectivity index (χ0v) is 11.8. The second-order valence-electron chi connectivity index (χ2n) is 4.30. The summed E-state index contributed by atoms with van der Waals surface area (Å²) in [5, 5.41) is 2.93. The van der Waals surface area contributed by atoms with Crippen molar-refractivity contribution in [3.8, 4) is 0 Å². The zero-order valence-electron chi connectivity index (χ0n) is 11.0. The standard InChI is InChI=1S/C14H14FN3S/c1-8-5-4-6-12(15)13(8)18-14(19)11-7-16-10(3)17-9(11)2/h4-7H,1-3H3,(H,18,19). The molecule has 0 unspecified atom stereocenters. The third kappa shape index (κ3) is 2.93. The molecule has 0 aliphatic rings. The number of anilines is 1. The largest absolute Gasteiger partial charge is 0.343 e. The molecule has 0 bridgehead atoms. The molecule has 1 aromatic heterocycles. The average Bonchev–Trinajstić information content (AvgIpc) is 2.33. The van der Waals surface area contributed by atoms with E-state index in [1.807, 2.05) is 26.8 Å². The summed E-state index contributed by atoms with van der Waals surface area (Å²) < 4.78 is 13.7. The number of nitrogens with one attached hydrogen (secondary N) is 1. The van der Waals surface area contributed by atoms with Gasteiger partial charge in [-0.1, -0.05) is 24.4 Å². The first-order valence-electron chi connectivity index (χ1n) is 5.85. The van der Waals surface area contributed by atoms with E-state index in [-0.39, 0.29) is 5.82 Å². The summed E-state index contributed by atoms with van der Waals surface area (Å²) in [5.74, 6) is 0.360. The van der Waals surface area contributed by atoms with Gasteiger partial charge >= 0.3 is 0 Å². The van der Waals surface area contributed by atoms with Crippen LogP contribution in [0, 0.1) is 26.6 Å². The van der Waals surface area contributed by atoms with Crippen LogP contribution in [0.15, 0.2) is 24.4 Å². The smallest absolute Gasteiger partial charge is 0.146 e. The molecule has 0 fully saturated rings. The molecular weight excluding hydrogens is 261 g/mol. The number of nitrogens with zero attached hydrogens (tertiary/aromatic N) is 2. The fourth-order valence-electron chi connectivity index (χ4n) is 1.78. The molecule has 98 valence electrons. The van der Waals surface area contributed by atoms with E-state index < -0.39 is 0 Å². The highest BCUT2D eigenvalue weighted by molar-refractivity contribution is 7.81. The van der Waals surface area contributed by atoms with Gasteiger partial charge in [0.1, 0.15) is 16.6 Å². The first kappa shape index (κ1) is 13.5. The minimum atomic E-state index is -0.326. The van der Waals surface area contributed by atoms with E-state index in [2.05, 4.69) is 15.3 Å². The molecule has 0 spiro atoms. The Morgan fingerprint density at radius 1 is 1.26 bits per heavy atom. The van der Waals surface area contributed by atoms with E-state index in [0.717, 1.165) is 11.3 Å². The summed E-state index contributed by atoms with van der Waals surface area (Å²) in [6.45, 7) is 5.49. The van der Waals surface area contributed by atoms with Crippen LogP contribution in [0.3, 0.4) is 0 Å². The first-order chi connectivity index (χ1) is 8.99. The Labute approximate surface area is 116 Å². The highest BCUT2D eigenvalue weighted by atomic mass is 32.1. The van der Waals surface area contributed by atoms with Gasteiger partial charge in [0.15, 0.2) is 0 Å². The van der Waals surface area contributed by atoms with E-state index in [9.17, 15) is 4.39 Å². The number of halogens is 1. The second-order valence-corrected chi connectivity index (χ2v) is 4.71. The number of benzene rings is 1. The lowest BCUT2D eigenvalue weighted by Crippen LogP contribution is -2.15. The van der Waals surface area contributed by atoms with Gasteiger partial charge in [0, 0.05) is 11.8 Å². The molecule has 0 radical (unpaired) electrons. The summed E-state index contributed by atoms with van der Waals surface area (Å²) in [7, 11) is 0. The number of aromatic nitrogens is 2. The molecule has 0 aliphatic heterocycles. The van der Waals surface area contributed by atoms with Crippen molar-refractivity contribution in [1.29, 1.82) is 0 Å². The number of hydrogen-bond acceptors (Lipinski definition) is 3. The number of hydrogen-bond donors (Lipinski definition) is 1. The van der Waals surface area contributed by atoms with Gasteiger partial charge in [-0.25, -0.2) is 14.4 Å². The van der Waals surface area contributed by atoms with Crippen LogP contribution in [0.25, 0.3) is 0 Å². The molecule has 1 aromatic carbocycles. The number of para-hydroxylation sites is 1. The Morgan fingerprint density at radius 3 is 2.63 bits per heavy atom. The number of thiocarbonyl (C=S) groups is 1. The Kier molecular flexibility index (Phi) is 3.85. The molecule has 0 saturated carbocycles. The third-order valence-electron chi connectivity index (χ3n) is 2.80. The van der Waals surface area contributed by atoms with Gasteiger partial charge in [0.05, 0.1) is 11.4 Å². The van der Waals surface area contributed by atoms with Crippen LogP contribution in [0.1, 0.15) is 22.6 Å². The molecule has 19 heavy (non-hydrogen) atoms. The molecule has 0 atom stereocenters. The van der Waals surface area contributed by atoms with E-state index in [0.29, 0.717) is 22.1 Å². The topological polar surface area (TPSA) is 37.8 Å². The highest BCUT2D eigenvalue weighted by Crippen LogP contribution is 2.20. The summed E-state index contributed by atoms with van der Waals surface area (Å²) >= 11 is 5.29. The first-order valence-corrected chi connectivity index (χ1v) is 6.26. The Balaban J connectivity index is 2.31. The summed E-state index contributed by atoms with van der Waals surface area (Å²) in [4.78, 5) is 8.79. The molecule has 0 saturated heterocycles. The zero-order chi connectivity index (χ0) is 14.0.